The Morgan fingerprint density at radius 1 is 1.21 bits per heavy atom. The van der Waals surface area contributed by atoms with Crippen LogP contribution in [-0.4, -0.2) is 56.8 Å². The van der Waals surface area contributed by atoms with Crippen LogP contribution in [0.25, 0.3) is 0 Å². The molecule has 0 radical (unpaired) electrons. The van der Waals surface area contributed by atoms with Gasteiger partial charge >= 0.3 is 0 Å². The van der Waals surface area contributed by atoms with E-state index in [2.05, 4.69) is 38.0 Å². The van der Waals surface area contributed by atoms with Gasteiger partial charge in [0.15, 0.2) is 5.96 Å². The van der Waals surface area contributed by atoms with Crippen molar-refractivity contribution in [1.82, 2.24) is 15.5 Å². The van der Waals surface area contributed by atoms with Crippen molar-refractivity contribution in [3.63, 3.8) is 0 Å². The van der Waals surface area contributed by atoms with Gasteiger partial charge in [0.25, 0.3) is 0 Å². The van der Waals surface area contributed by atoms with Gasteiger partial charge in [0.1, 0.15) is 0 Å². The fraction of sp³-hybridized carbons (Fsp3) is 0.773. The van der Waals surface area contributed by atoms with Gasteiger partial charge < -0.3 is 15.4 Å². The van der Waals surface area contributed by atoms with Crippen molar-refractivity contribution in [2.24, 2.45) is 10.9 Å². The molecule has 2 heterocycles. The summed E-state index contributed by atoms with van der Waals surface area (Å²) >= 11 is 1.86. The first-order chi connectivity index (χ1) is 13.8. The van der Waals surface area contributed by atoms with Crippen LogP contribution >= 0.6 is 11.3 Å². The fourth-order valence-electron chi connectivity index (χ4n) is 4.31. The Hall–Kier alpha value is -1.11. The number of piperidine rings is 1. The first kappa shape index (κ1) is 21.6. The first-order valence-corrected chi connectivity index (χ1v) is 12.0. The molecule has 0 bridgehead atoms. The lowest BCUT2D eigenvalue weighted by atomic mass is 9.98. The number of aliphatic imine (C=N–C) groups is 1. The Bertz CT molecular complexity index is 557. The van der Waals surface area contributed by atoms with Crippen molar-refractivity contribution in [2.45, 2.75) is 64.0 Å². The summed E-state index contributed by atoms with van der Waals surface area (Å²) in [5.74, 6) is 1.62. The molecule has 28 heavy (non-hydrogen) atoms. The highest BCUT2D eigenvalue weighted by atomic mass is 32.1. The number of likely N-dealkylation sites (tertiary alicyclic amines) is 1. The van der Waals surface area contributed by atoms with Crippen LogP contribution in [-0.2, 0) is 11.3 Å². The minimum Gasteiger partial charge on any atom is -0.378 e. The summed E-state index contributed by atoms with van der Waals surface area (Å²) in [5, 5.41) is 9.15. The van der Waals surface area contributed by atoms with E-state index in [0.29, 0.717) is 12.0 Å². The summed E-state index contributed by atoms with van der Waals surface area (Å²) in [5.41, 5.74) is 0. The van der Waals surface area contributed by atoms with E-state index in [0.717, 1.165) is 38.6 Å². The van der Waals surface area contributed by atoms with Gasteiger partial charge in [0.2, 0.25) is 0 Å². The highest BCUT2D eigenvalue weighted by molar-refractivity contribution is 7.09. The zero-order chi connectivity index (χ0) is 19.4. The van der Waals surface area contributed by atoms with Crippen LogP contribution in [0.2, 0.25) is 0 Å². The average molecular weight is 407 g/mol. The van der Waals surface area contributed by atoms with Gasteiger partial charge in [-0.3, -0.25) is 9.89 Å². The third kappa shape index (κ3) is 7.72. The van der Waals surface area contributed by atoms with Crippen LogP contribution in [0.1, 0.15) is 56.2 Å². The summed E-state index contributed by atoms with van der Waals surface area (Å²) in [6.07, 6.45) is 10.7. The molecule has 3 rings (SSSR count). The van der Waals surface area contributed by atoms with E-state index in [-0.39, 0.29) is 0 Å². The molecule has 1 saturated heterocycles. The molecule has 0 amide bonds. The fourth-order valence-corrected chi connectivity index (χ4v) is 5.05. The van der Waals surface area contributed by atoms with Gasteiger partial charge in [-0.1, -0.05) is 25.3 Å². The summed E-state index contributed by atoms with van der Waals surface area (Å²) in [4.78, 5) is 8.45. The lowest BCUT2D eigenvalue weighted by Gasteiger charge is -2.32. The smallest absolute Gasteiger partial charge is 0.190 e. The number of guanidine groups is 1. The van der Waals surface area contributed by atoms with Crippen molar-refractivity contribution in [3.05, 3.63) is 22.4 Å². The van der Waals surface area contributed by atoms with Crippen LogP contribution in [0.5, 0.6) is 0 Å². The van der Waals surface area contributed by atoms with Crippen molar-refractivity contribution < 1.29 is 4.74 Å². The molecule has 1 unspecified atom stereocenters. The van der Waals surface area contributed by atoms with Crippen LogP contribution < -0.4 is 10.6 Å². The Labute approximate surface area is 174 Å². The van der Waals surface area contributed by atoms with E-state index in [1.54, 1.807) is 0 Å². The monoisotopic (exact) mass is 406 g/mol. The Kier molecular flexibility index (Phi) is 9.60. The molecule has 1 aliphatic heterocycles. The minimum absolute atomic E-state index is 0.509. The molecule has 1 atom stereocenters. The molecule has 2 N–H and O–H groups in total. The summed E-state index contributed by atoms with van der Waals surface area (Å²) < 4.78 is 6.00. The number of hydrogen-bond donors (Lipinski definition) is 2. The van der Waals surface area contributed by atoms with Crippen LogP contribution in [0.15, 0.2) is 22.5 Å². The number of hydrogen-bond acceptors (Lipinski definition) is 4. The van der Waals surface area contributed by atoms with E-state index in [9.17, 15) is 0 Å². The lowest BCUT2D eigenvalue weighted by Crippen LogP contribution is -2.44. The second kappa shape index (κ2) is 12.5. The normalized spacial score (nSPS) is 22.3. The molecular weight excluding hydrogens is 368 g/mol. The van der Waals surface area contributed by atoms with Gasteiger partial charge in [-0.25, -0.2) is 0 Å². The molecule has 1 aromatic rings. The molecule has 1 aliphatic carbocycles. The summed E-state index contributed by atoms with van der Waals surface area (Å²) in [6, 6.07) is 4.40. The predicted octanol–water partition coefficient (Wildman–Crippen LogP) is 3.86. The summed E-state index contributed by atoms with van der Waals surface area (Å²) in [7, 11) is 1.86. The summed E-state index contributed by atoms with van der Waals surface area (Å²) in [6.45, 7) is 6.28. The number of rotatable bonds is 9. The molecule has 158 valence electrons. The lowest BCUT2D eigenvalue weighted by molar-refractivity contribution is 0.0277. The topological polar surface area (TPSA) is 48.9 Å². The molecule has 6 heteroatoms. The van der Waals surface area contributed by atoms with Gasteiger partial charge in [0.05, 0.1) is 6.10 Å². The molecular formula is C22H38N4OS. The number of nitrogens with one attached hydrogen (secondary N) is 2. The minimum atomic E-state index is 0.509. The van der Waals surface area contributed by atoms with Crippen LogP contribution in [0.4, 0.5) is 0 Å². The Balaban J connectivity index is 1.27. The quantitative estimate of drug-likeness (QED) is 0.371. The maximum Gasteiger partial charge on any atom is 0.190 e. The van der Waals surface area contributed by atoms with Crippen LogP contribution in [0.3, 0.4) is 0 Å². The van der Waals surface area contributed by atoms with Crippen molar-refractivity contribution in [3.8, 4) is 0 Å². The van der Waals surface area contributed by atoms with Gasteiger partial charge in [-0.2, -0.15) is 0 Å². The highest BCUT2D eigenvalue weighted by Crippen LogP contribution is 2.21. The number of thiophene rings is 1. The van der Waals surface area contributed by atoms with E-state index in [1.165, 1.54) is 62.9 Å². The van der Waals surface area contributed by atoms with Gasteiger partial charge in [0, 0.05) is 44.7 Å². The zero-order valence-electron chi connectivity index (χ0n) is 17.5. The molecule has 1 saturated carbocycles. The highest BCUT2D eigenvalue weighted by Gasteiger charge is 2.20. The Morgan fingerprint density at radius 3 is 2.89 bits per heavy atom. The van der Waals surface area contributed by atoms with E-state index in [4.69, 9.17) is 4.74 Å². The van der Waals surface area contributed by atoms with E-state index >= 15 is 0 Å². The molecule has 5 nitrogen and oxygen atoms in total. The Morgan fingerprint density at radius 2 is 2.11 bits per heavy atom. The van der Waals surface area contributed by atoms with E-state index in [1.807, 2.05) is 18.4 Å². The third-order valence-electron chi connectivity index (χ3n) is 5.86. The number of nitrogens with zero attached hydrogens (tertiary/aromatic N) is 2. The standard InChI is InChI=1S/C22H38N4OS/c1-23-22(24-12-7-14-27-20-9-3-2-4-10-20)25-16-19-8-5-13-26(17-19)18-21-11-6-15-28-21/h6,11,15,19-20H,2-5,7-10,12-14,16-18H2,1H3,(H2,23,24,25). The average Bonchev–Trinajstić information content (AvgIpc) is 3.24. The second-order valence-corrected chi connectivity index (χ2v) is 9.22. The largest absolute Gasteiger partial charge is 0.378 e. The van der Waals surface area contributed by atoms with E-state index < -0.39 is 0 Å². The maximum atomic E-state index is 6.00. The molecule has 0 aromatic carbocycles. The SMILES string of the molecule is CN=C(NCCCOC1CCCCC1)NCC1CCCN(Cc2cccs2)C1. The molecule has 2 aliphatic rings. The second-order valence-electron chi connectivity index (χ2n) is 8.19. The van der Waals surface area contributed by atoms with Crippen molar-refractivity contribution in [2.75, 3.05) is 39.8 Å². The van der Waals surface area contributed by atoms with Crippen molar-refractivity contribution >= 4 is 17.3 Å². The molecule has 0 spiro atoms. The van der Waals surface area contributed by atoms with Gasteiger partial charge in [-0.05, 0) is 56.0 Å². The predicted molar refractivity (Wildman–Crippen MR) is 119 cm³/mol. The first-order valence-electron chi connectivity index (χ1n) is 11.1. The zero-order valence-corrected chi connectivity index (χ0v) is 18.3. The van der Waals surface area contributed by atoms with Gasteiger partial charge in [-0.15, -0.1) is 11.3 Å². The maximum absolute atomic E-state index is 6.00. The van der Waals surface area contributed by atoms with Crippen molar-refractivity contribution in [1.29, 1.82) is 0 Å². The molecule has 1 aromatic heterocycles. The number of ether oxygens (including phenoxy) is 1. The van der Waals surface area contributed by atoms with Crippen LogP contribution in [0, 0.1) is 5.92 Å². The molecule has 2 fully saturated rings. The third-order valence-corrected chi connectivity index (χ3v) is 6.72.